The Balaban J connectivity index is 1.61. The maximum atomic E-state index is 10.7. The Morgan fingerprint density at radius 1 is 1.27 bits per heavy atom. The highest BCUT2D eigenvalue weighted by Gasteiger charge is 2.21. The van der Waals surface area contributed by atoms with E-state index in [1.54, 1.807) is 6.20 Å². The summed E-state index contributed by atoms with van der Waals surface area (Å²) in [5.74, 6) is 1.62. The SMILES string of the molecule is O=[N+]([O-])c1cncc(CSc2nnc(C3CCCCC3)o2)c1. The van der Waals surface area contributed by atoms with Gasteiger partial charge < -0.3 is 4.42 Å². The molecule has 1 aliphatic carbocycles. The Bertz CT molecular complexity index is 655. The van der Waals surface area contributed by atoms with Crippen molar-refractivity contribution in [3.63, 3.8) is 0 Å². The van der Waals surface area contributed by atoms with Crippen LogP contribution in [-0.2, 0) is 5.75 Å². The van der Waals surface area contributed by atoms with Gasteiger partial charge in [0.2, 0.25) is 5.89 Å². The number of nitro groups is 1. The average molecular weight is 320 g/mol. The minimum atomic E-state index is -0.449. The Morgan fingerprint density at radius 2 is 2.09 bits per heavy atom. The van der Waals surface area contributed by atoms with Crippen LogP contribution in [0.25, 0.3) is 0 Å². The predicted octanol–water partition coefficient (Wildman–Crippen LogP) is 3.71. The van der Waals surface area contributed by atoms with Crippen LogP contribution in [0.5, 0.6) is 0 Å². The maximum Gasteiger partial charge on any atom is 0.287 e. The smallest absolute Gasteiger partial charge is 0.287 e. The molecule has 0 amide bonds. The molecule has 0 bridgehead atoms. The van der Waals surface area contributed by atoms with Crippen LogP contribution in [0.1, 0.15) is 49.5 Å². The maximum absolute atomic E-state index is 10.7. The van der Waals surface area contributed by atoms with Gasteiger partial charge in [-0.05, 0) is 18.4 Å². The molecule has 0 unspecified atom stereocenters. The second kappa shape index (κ2) is 6.87. The van der Waals surface area contributed by atoms with Crippen molar-refractivity contribution in [3.8, 4) is 0 Å². The predicted molar refractivity (Wildman–Crippen MR) is 80.6 cm³/mol. The lowest BCUT2D eigenvalue weighted by Crippen LogP contribution is -2.04. The first kappa shape index (κ1) is 15.0. The van der Waals surface area contributed by atoms with Gasteiger partial charge in [-0.1, -0.05) is 31.0 Å². The van der Waals surface area contributed by atoms with Crippen molar-refractivity contribution < 1.29 is 9.34 Å². The molecule has 8 heteroatoms. The molecule has 1 aliphatic rings. The van der Waals surface area contributed by atoms with Crippen LogP contribution in [-0.4, -0.2) is 20.1 Å². The van der Waals surface area contributed by atoms with Crippen molar-refractivity contribution >= 4 is 17.4 Å². The summed E-state index contributed by atoms with van der Waals surface area (Å²) in [4.78, 5) is 14.1. The van der Waals surface area contributed by atoms with Crippen LogP contribution in [0, 0.1) is 10.1 Å². The van der Waals surface area contributed by atoms with E-state index in [0.717, 1.165) is 24.3 Å². The van der Waals surface area contributed by atoms with Crippen LogP contribution in [0.2, 0.25) is 0 Å². The summed E-state index contributed by atoms with van der Waals surface area (Å²) < 4.78 is 5.71. The van der Waals surface area contributed by atoms with Crippen molar-refractivity contribution in [1.82, 2.24) is 15.2 Å². The van der Waals surface area contributed by atoms with Gasteiger partial charge in [0, 0.05) is 23.9 Å². The lowest BCUT2D eigenvalue weighted by molar-refractivity contribution is -0.385. The summed E-state index contributed by atoms with van der Waals surface area (Å²) in [6.07, 6.45) is 8.79. The Labute approximate surface area is 131 Å². The fourth-order valence-corrected chi connectivity index (χ4v) is 3.28. The van der Waals surface area contributed by atoms with Gasteiger partial charge >= 0.3 is 0 Å². The largest absolute Gasteiger partial charge is 0.416 e. The van der Waals surface area contributed by atoms with Gasteiger partial charge in [-0.25, -0.2) is 0 Å². The van der Waals surface area contributed by atoms with E-state index in [1.807, 2.05) is 0 Å². The van der Waals surface area contributed by atoms with Crippen molar-refractivity contribution in [2.75, 3.05) is 0 Å². The molecule has 0 saturated heterocycles. The number of hydrogen-bond acceptors (Lipinski definition) is 7. The number of nitrogens with zero attached hydrogens (tertiary/aromatic N) is 4. The number of pyridine rings is 1. The minimum Gasteiger partial charge on any atom is -0.416 e. The molecule has 0 atom stereocenters. The third kappa shape index (κ3) is 3.62. The first-order chi connectivity index (χ1) is 10.7. The van der Waals surface area contributed by atoms with Crippen LogP contribution in [0.3, 0.4) is 0 Å². The van der Waals surface area contributed by atoms with Crippen molar-refractivity contribution in [1.29, 1.82) is 0 Å². The molecule has 116 valence electrons. The Kier molecular flexibility index (Phi) is 4.67. The highest BCUT2D eigenvalue weighted by molar-refractivity contribution is 7.98. The highest BCUT2D eigenvalue weighted by atomic mass is 32.2. The lowest BCUT2D eigenvalue weighted by atomic mass is 9.89. The molecule has 0 spiro atoms. The molecular formula is C14H16N4O3S. The van der Waals surface area contributed by atoms with E-state index in [1.165, 1.54) is 43.3 Å². The number of rotatable bonds is 5. The minimum absolute atomic E-state index is 0.00785. The van der Waals surface area contributed by atoms with E-state index >= 15 is 0 Å². The summed E-state index contributed by atoms with van der Waals surface area (Å²) in [6.45, 7) is 0. The zero-order chi connectivity index (χ0) is 15.4. The van der Waals surface area contributed by atoms with Gasteiger partial charge in [-0.2, -0.15) is 0 Å². The molecule has 0 N–H and O–H groups in total. The van der Waals surface area contributed by atoms with Gasteiger partial charge in [0.05, 0.1) is 4.92 Å². The molecule has 0 aromatic carbocycles. The van der Waals surface area contributed by atoms with E-state index in [4.69, 9.17) is 4.42 Å². The van der Waals surface area contributed by atoms with Crippen molar-refractivity contribution in [2.24, 2.45) is 0 Å². The first-order valence-corrected chi connectivity index (χ1v) is 8.25. The van der Waals surface area contributed by atoms with Gasteiger partial charge in [0.1, 0.15) is 6.20 Å². The van der Waals surface area contributed by atoms with E-state index in [0.29, 0.717) is 16.9 Å². The molecule has 0 radical (unpaired) electrons. The molecule has 7 nitrogen and oxygen atoms in total. The molecule has 0 aliphatic heterocycles. The second-order valence-corrected chi connectivity index (χ2v) is 6.26. The van der Waals surface area contributed by atoms with E-state index in [9.17, 15) is 10.1 Å². The fraction of sp³-hybridized carbons (Fsp3) is 0.500. The summed E-state index contributed by atoms with van der Waals surface area (Å²) in [5.41, 5.74) is 0.753. The lowest BCUT2D eigenvalue weighted by Gasteiger charge is -2.17. The average Bonchev–Trinajstić information content (AvgIpc) is 3.03. The monoisotopic (exact) mass is 320 g/mol. The zero-order valence-electron chi connectivity index (χ0n) is 12.0. The molecule has 2 heterocycles. The van der Waals surface area contributed by atoms with Crippen molar-refractivity contribution in [3.05, 3.63) is 40.0 Å². The van der Waals surface area contributed by atoms with Gasteiger partial charge in [0.25, 0.3) is 10.9 Å². The quantitative estimate of drug-likeness (QED) is 0.470. The standard InChI is InChI=1S/C14H16N4O3S/c19-18(20)12-6-10(7-15-8-12)9-22-14-17-16-13(21-14)11-4-2-1-3-5-11/h6-8,11H,1-5,9H2. The first-order valence-electron chi connectivity index (χ1n) is 7.27. The van der Waals surface area contributed by atoms with Crippen LogP contribution >= 0.6 is 11.8 Å². The van der Waals surface area contributed by atoms with Gasteiger partial charge in [0.15, 0.2) is 0 Å². The molecule has 2 aromatic rings. The summed E-state index contributed by atoms with van der Waals surface area (Å²) in [5, 5.41) is 19.4. The van der Waals surface area contributed by atoms with Crippen LogP contribution in [0.4, 0.5) is 5.69 Å². The van der Waals surface area contributed by atoms with Crippen LogP contribution in [0.15, 0.2) is 28.1 Å². The third-order valence-electron chi connectivity index (χ3n) is 3.73. The number of thioether (sulfide) groups is 1. The number of hydrogen-bond donors (Lipinski definition) is 0. The van der Waals surface area contributed by atoms with Crippen LogP contribution < -0.4 is 0 Å². The van der Waals surface area contributed by atoms with Crippen molar-refractivity contribution in [2.45, 2.75) is 49.0 Å². The topological polar surface area (TPSA) is 95.0 Å². The third-order valence-corrected chi connectivity index (χ3v) is 4.62. The highest BCUT2D eigenvalue weighted by Crippen LogP contribution is 2.33. The molecule has 1 fully saturated rings. The molecule has 1 saturated carbocycles. The zero-order valence-corrected chi connectivity index (χ0v) is 12.8. The summed E-state index contributed by atoms with van der Waals surface area (Å²) in [6, 6.07) is 1.51. The Morgan fingerprint density at radius 3 is 2.86 bits per heavy atom. The van der Waals surface area contributed by atoms with Gasteiger partial charge in [-0.3, -0.25) is 15.1 Å². The molecule has 2 aromatic heterocycles. The van der Waals surface area contributed by atoms with E-state index in [-0.39, 0.29) is 5.69 Å². The molecule has 22 heavy (non-hydrogen) atoms. The fourth-order valence-electron chi connectivity index (χ4n) is 2.59. The summed E-state index contributed by atoms with van der Waals surface area (Å²) >= 11 is 1.38. The Hall–Kier alpha value is -1.96. The number of aromatic nitrogens is 3. The second-order valence-electron chi connectivity index (χ2n) is 5.34. The molecule has 3 rings (SSSR count). The van der Waals surface area contributed by atoms with Gasteiger partial charge in [-0.15, -0.1) is 10.2 Å². The van der Waals surface area contributed by atoms with E-state index in [2.05, 4.69) is 15.2 Å². The molecular weight excluding hydrogens is 304 g/mol. The van der Waals surface area contributed by atoms with E-state index < -0.39 is 4.92 Å². The summed E-state index contributed by atoms with van der Waals surface area (Å²) in [7, 11) is 0. The normalized spacial score (nSPS) is 15.8.